The lowest BCUT2D eigenvalue weighted by Gasteiger charge is -2.46. The van der Waals surface area contributed by atoms with Crippen molar-refractivity contribution in [3.05, 3.63) is 0 Å². The molecule has 1 saturated heterocycles. The number of carboxylic acid groups (broad SMARTS) is 1. The molecule has 17 heavy (non-hydrogen) atoms. The van der Waals surface area contributed by atoms with Crippen molar-refractivity contribution in [2.24, 2.45) is 0 Å². The van der Waals surface area contributed by atoms with Gasteiger partial charge in [0.1, 0.15) is 0 Å². The fourth-order valence-corrected chi connectivity index (χ4v) is 2.23. The topological polar surface area (TPSA) is 60.9 Å². The number of hydrogen-bond donors (Lipinski definition) is 1. The molecule has 0 aromatic carbocycles. The van der Waals surface area contributed by atoms with E-state index >= 15 is 0 Å². The molecule has 0 aromatic heterocycles. The molecule has 1 unspecified atom stereocenters. The quantitative estimate of drug-likeness (QED) is 0.795. The molecule has 1 aliphatic heterocycles. The number of carbonyl (C=O) groups is 2. The Morgan fingerprint density at radius 3 is 2.53 bits per heavy atom. The summed E-state index contributed by atoms with van der Waals surface area (Å²) in [6.07, 6.45) is 0.740. The van der Waals surface area contributed by atoms with Crippen LogP contribution in [-0.2, 0) is 9.59 Å². The number of amides is 1. The molecule has 1 atom stereocenters. The Morgan fingerprint density at radius 1 is 1.47 bits per heavy atom. The monoisotopic (exact) mass is 242 g/mol. The molecule has 1 fully saturated rings. The van der Waals surface area contributed by atoms with Gasteiger partial charge in [-0.1, -0.05) is 0 Å². The molecule has 5 heteroatoms. The zero-order valence-corrected chi connectivity index (χ0v) is 11.1. The summed E-state index contributed by atoms with van der Waals surface area (Å²) in [6, 6.07) is 0.133. The third-order valence-corrected chi connectivity index (χ3v) is 3.21. The zero-order chi connectivity index (χ0) is 13.2. The predicted molar refractivity (Wildman–Crippen MR) is 64.8 cm³/mol. The van der Waals surface area contributed by atoms with E-state index in [1.165, 1.54) is 0 Å². The van der Waals surface area contributed by atoms with Crippen molar-refractivity contribution in [1.29, 1.82) is 0 Å². The maximum Gasteiger partial charge on any atom is 0.303 e. The van der Waals surface area contributed by atoms with Crippen LogP contribution in [0, 0.1) is 0 Å². The molecule has 1 amide bonds. The van der Waals surface area contributed by atoms with Crippen molar-refractivity contribution in [3.63, 3.8) is 0 Å². The molecule has 0 bridgehead atoms. The molecule has 0 aromatic rings. The zero-order valence-electron chi connectivity index (χ0n) is 11.1. The first-order valence-corrected chi connectivity index (χ1v) is 5.94. The summed E-state index contributed by atoms with van der Waals surface area (Å²) in [4.78, 5) is 26.1. The van der Waals surface area contributed by atoms with Gasteiger partial charge in [0.2, 0.25) is 5.91 Å². The van der Waals surface area contributed by atoms with E-state index in [1.807, 2.05) is 0 Å². The van der Waals surface area contributed by atoms with Gasteiger partial charge in [-0.05, 0) is 27.2 Å². The maximum atomic E-state index is 11.7. The van der Waals surface area contributed by atoms with Crippen molar-refractivity contribution in [1.82, 2.24) is 9.80 Å². The van der Waals surface area contributed by atoms with E-state index in [2.05, 4.69) is 25.7 Å². The smallest absolute Gasteiger partial charge is 0.303 e. The molecule has 0 radical (unpaired) electrons. The van der Waals surface area contributed by atoms with Gasteiger partial charge in [0, 0.05) is 31.6 Å². The van der Waals surface area contributed by atoms with E-state index < -0.39 is 5.97 Å². The van der Waals surface area contributed by atoms with Crippen LogP contribution in [0.3, 0.4) is 0 Å². The fraction of sp³-hybridized carbons (Fsp3) is 0.833. The average molecular weight is 242 g/mol. The van der Waals surface area contributed by atoms with Gasteiger partial charge in [0.25, 0.3) is 0 Å². The largest absolute Gasteiger partial charge is 0.481 e. The second-order valence-electron chi connectivity index (χ2n) is 5.66. The van der Waals surface area contributed by atoms with Crippen LogP contribution in [0.2, 0.25) is 0 Å². The van der Waals surface area contributed by atoms with E-state index in [1.54, 1.807) is 11.9 Å². The summed E-state index contributed by atoms with van der Waals surface area (Å²) in [5.74, 6) is -0.676. The number of aliphatic carboxylic acids is 1. The minimum atomic E-state index is -0.779. The van der Waals surface area contributed by atoms with Gasteiger partial charge in [0.05, 0.1) is 6.54 Å². The van der Waals surface area contributed by atoms with Gasteiger partial charge < -0.3 is 10.0 Å². The molecule has 1 N–H and O–H groups in total. The minimum absolute atomic E-state index is 0.103. The van der Waals surface area contributed by atoms with Crippen LogP contribution in [-0.4, -0.2) is 58.5 Å². The summed E-state index contributed by atoms with van der Waals surface area (Å²) in [6.45, 7) is 7.16. The van der Waals surface area contributed by atoms with Crippen LogP contribution in [0.25, 0.3) is 0 Å². The predicted octanol–water partition coefficient (Wildman–Crippen LogP) is 0.792. The molecule has 1 aliphatic rings. The van der Waals surface area contributed by atoms with E-state index in [9.17, 15) is 9.59 Å². The van der Waals surface area contributed by atoms with Gasteiger partial charge in [-0.25, -0.2) is 0 Å². The van der Waals surface area contributed by atoms with Gasteiger partial charge in [-0.2, -0.15) is 0 Å². The highest BCUT2D eigenvalue weighted by Crippen LogP contribution is 2.23. The van der Waals surface area contributed by atoms with E-state index in [0.717, 1.165) is 0 Å². The summed E-state index contributed by atoms with van der Waals surface area (Å²) in [7, 11) is 1.77. The minimum Gasteiger partial charge on any atom is -0.481 e. The third-order valence-electron chi connectivity index (χ3n) is 3.21. The number of carboxylic acids is 1. The first-order chi connectivity index (χ1) is 7.71. The molecular weight excluding hydrogens is 220 g/mol. The van der Waals surface area contributed by atoms with Gasteiger partial charge in [0.15, 0.2) is 0 Å². The Hall–Kier alpha value is -1.10. The number of likely N-dealkylation sites (N-methyl/N-ethyl adjacent to an activating group) is 1. The second-order valence-corrected chi connectivity index (χ2v) is 5.66. The summed E-state index contributed by atoms with van der Waals surface area (Å²) >= 11 is 0. The van der Waals surface area contributed by atoms with E-state index in [-0.39, 0.29) is 23.9 Å². The summed E-state index contributed by atoms with van der Waals surface area (Å²) < 4.78 is 0. The lowest BCUT2D eigenvalue weighted by Crippen LogP contribution is -2.60. The Kier molecular flexibility index (Phi) is 4.14. The van der Waals surface area contributed by atoms with E-state index in [0.29, 0.717) is 19.5 Å². The Morgan fingerprint density at radius 2 is 2.06 bits per heavy atom. The molecule has 1 heterocycles. The molecule has 0 saturated carbocycles. The number of hydrogen-bond acceptors (Lipinski definition) is 3. The summed E-state index contributed by atoms with van der Waals surface area (Å²) in [5, 5.41) is 8.75. The van der Waals surface area contributed by atoms with Crippen LogP contribution in [0.4, 0.5) is 0 Å². The first-order valence-electron chi connectivity index (χ1n) is 5.94. The maximum absolute atomic E-state index is 11.7. The SMILES string of the molecule is CN1CC(CCC(=O)O)N(C(C)(C)C)CC1=O. The van der Waals surface area contributed by atoms with Crippen LogP contribution >= 0.6 is 0 Å². The molecule has 0 spiro atoms. The second kappa shape index (κ2) is 5.04. The van der Waals surface area contributed by atoms with Crippen molar-refractivity contribution in [2.45, 2.75) is 45.2 Å². The number of piperazine rings is 1. The van der Waals surface area contributed by atoms with Crippen molar-refractivity contribution in [3.8, 4) is 0 Å². The fourth-order valence-electron chi connectivity index (χ4n) is 2.23. The number of carbonyl (C=O) groups excluding carboxylic acids is 1. The van der Waals surface area contributed by atoms with E-state index in [4.69, 9.17) is 5.11 Å². The van der Waals surface area contributed by atoms with Crippen LogP contribution in [0.15, 0.2) is 0 Å². The van der Waals surface area contributed by atoms with Gasteiger partial charge >= 0.3 is 5.97 Å². The van der Waals surface area contributed by atoms with Crippen LogP contribution in [0.5, 0.6) is 0 Å². The standard InChI is InChI=1S/C12H22N2O3/c1-12(2,3)14-8-10(15)13(4)7-9(14)5-6-11(16)17/h9H,5-8H2,1-4H3,(H,16,17). The van der Waals surface area contributed by atoms with Crippen LogP contribution < -0.4 is 0 Å². The number of nitrogens with zero attached hydrogens (tertiary/aromatic N) is 2. The normalized spacial score (nSPS) is 22.9. The van der Waals surface area contributed by atoms with Gasteiger partial charge in [-0.3, -0.25) is 14.5 Å². The third kappa shape index (κ3) is 3.70. The molecule has 98 valence electrons. The number of rotatable bonds is 3. The Bertz CT molecular complexity index is 309. The lowest BCUT2D eigenvalue weighted by atomic mass is 9.97. The first kappa shape index (κ1) is 14.0. The molecule has 1 rings (SSSR count). The highest BCUT2D eigenvalue weighted by molar-refractivity contribution is 5.79. The lowest BCUT2D eigenvalue weighted by molar-refractivity contribution is -0.141. The average Bonchev–Trinajstić information content (AvgIpc) is 2.17. The van der Waals surface area contributed by atoms with Crippen molar-refractivity contribution in [2.75, 3.05) is 20.1 Å². The molecular formula is C12H22N2O3. The highest BCUT2D eigenvalue weighted by Gasteiger charge is 2.36. The Balaban J connectivity index is 2.74. The van der Waals surface area contributed by atoms with Gasteiger partial charge in [-0.15, -0.1) is 0 Å². The van der Waals surface area contributed by atoms with Crippen molar-refractivity contribution < 1.29 is 14.7 Å². The molecule has 5 nitrogen and oxygen atoms in total. The Labute approximate surface area is 102 Å². The summed E-state index contributed by atoms with van der Waals surface area (Å²) in [5.41, 5.74) is -0.111. The molecule has 0 aliphatic carbocycles. The van der Waals surface area contributed by atoms with Crippen LogP contribution in [0.1, 0.15) is 33.6 Å². The van der Waals surface area contributed by atoms with Crippen molar-refractivity contribution >= 4 is 11.9 Å². The highest BCUT2D eigenvalue weighted by atomic mass is 16.4.